The van der Waals surface area contributed by atoms with Gasteiger partial charge in [0, 0.05) is 12.2 Å². The van der Waals surface area contributed by atoms with Gasteiger partial charge in [0.05, 0.1) is 12.0 Å². The number of rotatable bonds is 4. The molecule has 2 aromatic rings. The van der Waals surface area contributed by atoms with Crippen LogP contribution in [-0.4, -0.2) is 16.1 Å². The molecule has 3 rings (SSSR count). The molecule has 1 aromatic heterocycles. The van der Waals surface area contributed by atoms with Gasteiger partial charge in [0.15, 0.2) is 0 Å². The SMILES string of the molecule is NCCc1ccc(Cn2cnc3c2CCCC3)cc1. The summed E-state index contributed by atoms with van der Waals surface area (Å²) in [6.45, 7) is 1.65. The molecule has 0 unspecified atom stereocenters. The van der Waals surface area contributed by atoms with Crippen molar-refractivity contribution in [2.75, 3.05) is 6.54 Å². The Morgan fingerprint density at radius 3 is 2.58 bits per heavy atom. The molecule has 0 atom stereocenters. The second kappa shape index (κ2) is 5.57. The van der Waals surface area contributed by atoms with E-state index in [-0.39, 0.29) is 0 Å². The maximum absolute atomic E-state index is 5.57. The summed E-state index contributed by atoms with van der Waals surface area (Å²) in [6.07, 6.45) is 7.88. The van der Waals surface area contributed by atoms with E-state index in [0.717, 1.165) is 19.4 Å². The van der Waals surface area contributed by atoms with Gasteiger partial charge in [0.1, 0.15) is 0 Å². The zero-order valence-electron chi connectivity index (χ0n) is 11.3. The Balaban J connectivity index is 1.75. The van der Waals surface area contributed by atoms with Crippen molar-refractivity contribution >= 4 is 0 Å². The summed E-state index contributed by atoms with van der Waals surface area (Å²) in [7, 11) is 0. The Hall–Kier alpha value is -1.61. The van der Waals surface area contributed by atoms with Crippen molar-refractivity contribution < 1.29 is 0 Å². The minimum absolute atomic E-state index is 0.717. The van der Waals surface area contributed by atoms with Crippen LogP contribution in [0.25, 0.3) is 0 Å². The highest BCUT2D eigenvalue weighted by Crippen LogP contribution is 2.20. The van der Waals surface area contributed by atoms with Crippen molar-refractivity contribution in [3.05, 3.63) is 53.1 Å². The lowest BCUT2D eigenvalue weighted by Gasteiger charge is -2.14. The number of hydrogen-bond acceptors (Lipinski definition) is 2. The molecule has 0 spiro atoms. The van der Waals surface area contributed by atoms with E-state index in [4.69, 9.17) is 5.73 Å². The van der Waals surface area contributed by atoms with E-state index in [2.05, 4.69) is 33.8 Å². The standard InChI is InChI=1S/C16H21N3/c17-10-9-13-5-7-14(8-6-13)11-19-12-18-15-3-1-2-4-16(15)19/h5-8,12H,1-4,9-11,17H2. The Labute approximate surface area is 114 Å². The number of aryl methyl sites for hydroxylation is 1. The summed E-state index contributed by atoms with van der Waals surface area (Å²) in [5.41, 5.74) is 11.0. The van der Waals surface area contributed by atoms with Crippen LogP contribution >= 0.6 is 0 Å². The lowest BCUT2D eigenvalue weighted by molar-refractivity contribution is 0.628. The van der Waals surface area contributed by atoms with Crippen molar-refractivity contribution in [2.45, 2.75) is 38.6 Å². The van der Waals surface area contributed by atoms with Gasteiger partial charge >= 0.3 is 0 Å². The first kappa shape index (κ1) is 12.4. The second-order valence-electron chi connectivity index (χ2n) is 5.33. The minimum Gasteiger partial charge on any atom is -0.330 e. The van der Waals surface area contributed by atoms with Crippen molar-refractivity contribution in [2.24, 2.45) is 5.73 Å². The van der Waals surface area contributed by atoms with Crippen molar-refractivity contribution in [1.82, 2.24) is 9.55 Å². The van der Waals surface area contributed by atoms with Gasteiger partial charge in [-0.25, -0.2) is 4.98 Å². The van der Waals surface area contributed by atoms with Gasteiger partial charge in [-0.05, 0) is 49.8 Å². The smallest absolute Gasteiger partial charge is 0.0954 e. The second-order valence-corrected chi connectivity index (χ2v) is 5.33. The molecule has 2 N–H and O–H groups in total. The topological polar surface area (TPSA) is 43.8 Å². The number of nitrogens with zero attached hydrogens (tertiary/aromatic N) is 2. The minimum atomic E-state index is 0.717. The van der Waals surface area contributed by atoms with Gasteiger partial charge < -0.3 is 10.3 Å². The van der Waals surface area contributed by atoms with E-state index in [0.29, 0.717) is 6.54 Å². The zero-order valence-corrected chi connectivity index (χ0v) is 11.3. The molecular weight excluding hydrogens is 234 g/mol. The molecule has 19 heavy (non-hydrogen) atoms. The van der Waals surface area contributed by atoms with Gasteiger partial charge in [-0.1, -0.05) is 24.3 Å². The van der Waals surface area contributed by atoms with E-state index in [9.17, 15) is 0 Å². The molecule has 0 aliphatic heterocycles. The van der Waals surface area contributed by atoms with Crippen LogP contribution in [-0.2, 0) is 25.8 Å². The number of nitrogens with two attached hydrogens (primary N) is 1. The Bertz CT molecular complexity index is 540. The van der Waals surface area contributed by atoms with Crippen LogP contribution in [0.2, 0.25) is 0 Å². The van der Waals surface area contributed by atoms with Crippen molar-refractivity contribution in [3.63, 3.8) is 0 Å². The Morgan fingerprint density at radius 2 is 1.79 bits per heavy atom. The summed E-state index contributed by atoms with van der Waals surface area (Å²) in [4.78, 5) is 4.55. The fraction of sp³-hybridized carbons (Fsp3) is 0.438. The van der Waals surface area contributed by atoms with E-state index >= 15 is 0 Å². The molecule has 0 saturated carbocycles. The summed E-state index contributed by atoms with van der Waals surface area (Å²) in [5, 5.41) is 0. The van der Waals surface area contributed by atoms with Crippen molar-refractivity contribution in [1.29, 1.82) is 0 Å². The van der Waals surface area contributed by atoms with Crippen molar-refractivity contribution in [3.8, 4) is 0 Å². The van der Waals surface area contributed by atoms with Gasteiger partial charge in [-0.3, -0.25) is 0 Å². The van der Waals surface area contributed by atoms with Gasteiger partial charge in [-0.15, -0.1) is 0 Å². The molecule has 1 aliphatic rings. The lowest BCUT2D eigenvalue weighted by Crippen LogP contribution is -2.09. The summed E-state index contributed by atoms with van der Waals surface area (Å²) >= 11 is 0. The van der Waals surface area contributed by atoms with E-state index in [1.54, 1.807) is 0 Å². The molecule has 1 aromatic carbocycles. The van der Waals surface area contributed by atoms with Gasteiger partial charge in [0.2, 0.25) is 0 Å². The monoisotopic (exact) mass is 255 g/mol. The molecule has 0 saturated heterocycles. The lowest BCUT2D eigenvalue weighted by atomic mass is 10.0. The fourth-order valence-electron chi connectivity index (χ4n) is 2.84. The highest BCUT2D eigenvalue weighted by molar-refractivity contribution is 5.24. The number of imidazole rings is 1. The average molecular weight is 255 g/mol. The molecule has 0 bridgehead atoms. The predicted octanol–water partition coefficient (Wildman–Crippen LogP) is 2.31. The average Bonchev–Trinajstić information content (AvgIpc) is 2.85. The van der Waals surface area contributed by atoms with Crippen LogP contribution in [0.1, 0.15) is 35.4 Å². The molecule has 0 fully saturated rings. The largest absolute Gasteiger partial charge is 0.330 e. The van der Waals surface area contributed by atoms with E-state index in [1.807, 2.05) is 6.33 Å². The first-order valence-electron chi connectivity index (χ1n) is 7.17. The summed E-state index contributed by atoms with van der Waals surface area (Å²) in [6, 6.07) is 8.79. The third kappa shape index (κ3) is 2.71. The zero-order chi connectivity index (χ0) is 13.1. The summed E-state index contributed by atoms with van der Waals surface area (Å²) in [5.74, 6) is 0. The molecule has 1 aliphatic carbocycles. The van der Waals surface area contributed by atoms with Crippen LogP contribution < -0.4 is 5.73 Å². The number of aromatic nitrogens is 2. The van der Waals surface area contributed by atoms with Crippen LogP contribution in [0.3, 0.4) is 0 Å². The number of fused-ring (bicyclic) bond motifs is 1. The molecule has 3 nitrogen and oxygen atoms in total. The summed E-state index contributed by atoms with van der Waals surface area (Å²) < 4.78 is 2.31. The first-order chi connectivity index (χ1) is 9.36. The number of benzene rings is 1. The quantitative estimate of drug-likeness (QED) is 0.911. The highest BCUT2D eigenvalue weighted by Gasteiger charge is 2.14. The number of hydrogen-bond donors (Lipinski definition) is 1. The third-order valence-electron chi connectivity index (χ3n) is 3.92. The molecule has 1 heterocycles. The first-order valence-corrected chi connectivity index (χ1v) is 7.17. The van der Waals surface area contributed by atoms with Gasteiger partial charge in [0.25, 0.3) is 0 Å². The van der Waals surface area contributed by atoms with Crippen LogP contribution in [0.5, 0.6) is 0 Å². The maximum Gasteiger partial charge on any atom is 0.0954 e. The molecule has 0 amide bonds. The van der Waals surface area contributed by atoms with Crippen LogP contribution in [0.15, 0.2) is 30.6 Å². The Morgan fingerprint density at radius 1 is 1.05 bits per heavy atom. The van der Waals surface area contributed by atoms with Crippen LogP contribution in [0, 0.1) is 0 Å². The third-order valence-corrected chi connectivity index (χ3v) is 3.92. The molecule has 100 valence electrons. The predicted molar refractivity (Wildman–Crippen MR) is 77.2 cm³/mol. The fourth-order valence-corrected chi connectivity index (χ4v) is 2.84. The van der Waals surface area contributed by atoms with Crippen LogP contribution in [0.4, 0.5) is 0 Å². The molecule has 0 radical (unpaired) electrons. The van der Waals surface area contributed by atoms with E-state index < -0.39 is 0 Å². The maximum atomic E-state index is 5.57. The van der Waals surface area contributed by atoms with Gasteiger partial charge in [-0.2, -0.15) is 0 Å². The highest BCUT2D eigenvalue weighted by atomic mass is 15.1. The Kier molecular flexibility index (Phi) is 3.65. The molecule has 3 heteroatoms. The van der Waals surface area contributed by atoms with E-state index in [1.165, 1.54) is 41.8 Å². The molecular formula is C16H21N3. The normalized spacial score (nSPS) is 14.4.